The van der Waals surface area contributed by atoms with E-state index >= 15 is 0 Å². The van der Waals surface area contributed by atoms with Gasteiger partial charge in [-0.25, -0.2) is 4.98 Å². The summed E-state index contributed by atoms with van der Waals surface area (Å²) in [6.45, 7) is 0.805. The summed E-state index contributed by atoms with van der Waals surface area (Å²) in [6, 6.07) is 2.16. The van der Waals surface area contributed by atoms with Gasteiger partial charge in [0.1, 0.15) is 5.82 Å². The van der Waals surface area contributed by atoms with Crippen molar-refractivity contribution in [1.82, 2.24) is 14.9 Å². The number of likely N-dealkylation sites (tertiary alicyclic amines) is 1. The molecule has 3 heterocycles. The van der Waals surface area contributed by atoms with Crippen LogP contribution in [-0.2, 0) is 12.8 Å². The van der Waals surface area contributed by atoms with E-state index in [0.29, 0.717) is 0 Å². The molecule has 1 fully saturated rings. The molecule has 0 spiro atoms. The van der Waals surface area contributed by atoms with Gasteiger partial charge in [-0.3, -0.25) is 9.78 Å². The van der Waals surface area contributed by atoms with Crippen molar-refractivity contribution in [2.45, 2.75) is 38.1 Å². The van der Waals surface area contributed by atoms with Crippen molar-refractivity contribution in [2.24, 2.45) is 0 Å². The van der Waals surface area contributed by atoms with Crippen LogP contribution in [0.1, 0.15) is 51.1 Å². The number of fused-ring (bicyclic) bond motifs is 1. The van der Waals surface area contributed by atoms with Crippen molar-refractivity contribution in [2.75, 3.05) is 25.5 Å². The molecule has 0 radical (unpaired) electrons. The van der Waals surface area contributed by atoms with Gasteiger partial charge in [0.05, 0.1) is 29.0 Å². The zero-order valence-corrected chi connectivity index (χ0v) is 15.0. The van der Waals surface area contributed by atoms with Gasteiger partial charge in [0.15, 0.2) is 0 Å². The summed E-state index contributed by atoms with van der Waals surface area (Å²) >= 11 is 1.69. The Labute approximate surface area is 146 Å². The van der Waals surface area contributed by atoms with Crippen molar-refractivity contribution < 1.29 is 4.79 Å². The predicted octanol–water partition coefficient (Wildman–Crippen LogP) is 3.07. The maximum absolute atomic E-state index is 13.0. The highest BCUT2D eigenvalue weighted by Crippen LogP contribution is 2.36. The Bertz CT molecular complexity index is 749. The number of carbonyl (C=O) groups is 1. The van der Waals surface area contributed by atoms with E-state index in [-0.39, 0.29) is 11.9 Å². The van der Waals surface area contributed by atoms with E-state index in [0.717, 1.165) is 48.6 Å². The summed E-state index contributed by atoms with van der Waals surface area (Å²) in [6.07, 6.45) is 9.03. The number of rotatable bonds is 3. The summed E-state index contributed by atoms with van der Waals surface area (Å²) < 4.78 is 0. The summed E-state index contributed by atoms with van der Waals surface area (Å²) in [5, 5.41) is 0. The average Bonchev–Trinajstić information content (AvgIpc) is 3.29. The van der Waals surface area contributed by atoms with Crippen molar-refractivity contribution in [3.63, 3.8) is 0 Å². The lowest BCUT2D eigenvalue weighted by atomic mass is 10.1. The number of aromatic nitrogens is 2. The van der Waals surface area contributed by atoms with Crippen LogP contribution in [0.25, 0.3) is 0 Å². The lowest BCUT2D eigenvalue weighted by molar-refractivity contribution is 0.0737. The molecule has 1 saturated heterocycles. The van der Waals surface area contributed by atoms with Gasteiger partial charge in [-0.05, 0) is 43.7 Å². The van der Waals surface area contributed by atoms with Crippen molar-refractivity contribution in [1.29, 1.82) is 0 Å². The standard InChI is InChI=1S/C18H22N4OS/c1-21(2)17-11-19-10-13(20-17)14-6-4-8-22(14)18(23)16-9-12-5-3-7-15(12)24-16/h9-11,14H,3-8H2,1-2H3/t14-/m0/s1. The fourth-order valence-corrected chi connectivity index (χ4v) is 4.85. The van der Waals surface area contributed by atoms with Crippen molar-refractivity contribution in [3.05, 3.63) is 39.5 Å². The molecule has 1 amide bonds. The van der Waals surface area contributed by atoms with Crippen LogP contribution >= 0.6 is 11.3 Å². The van der Waals surface area contributed by atoms with E-state index in [4.69, 9.17) is 4.98 Å². The third kappa shape index (κ3) is 2.69. The number of hydrogen-bond acceptors (Lipinski definition) is 5. The van der Waals surface area contributed by atoms with Crippen LogP contribution in [-0.4, -0.2) is 41.4 Å². The highest BCUT2D eigenvalue weighted by atomic mass is 32.1. The van der Waals surface area contributed by atoms with Gasteiger partial charge < -0.3 is 9.80 Å². The molecule has 0 bridgehead atoms. The zero-order chi connectivity index (χ0) is 16.7. The molecule has 5 nitrogen and oxygen atoms in total. The number of aryl methyl sites for hydroxylation is 2. The molecule has 6 heteroatoms. The minimum atomic E-state index is 0.0434. The van der Waals surface area contributed by atoms with Crippen LogP contribution in [0.3, 0.4) is 0 Å². The third-order valence-electron chi connectivity index (χ3n) is 4.91. The van der Waals surface area contributed by atoms with E-state index in [1.54, 1.807) is 23.7 Å². The minimum Gasteiger partial charge on any atom is -0.361 e. The molecule has 0 saturated carbocycles. The largest absolute Gasteiger partial charge is 0.361 e. The molecular weight excluding hydrogens is 320 g/mol. The Hall–Kier alpha value is -1.95. The normalized spacial score (nSPS) is 19.6. The fraction of sp³-hybridized carbons (Fsp3) is 0.500. The molecule has 2 aromatic heterocycles. The molecule has 1 atom stereocenters. The molecule has 0 aromatic carbocycles. The quantitative estimate of drug-likeness (QED) is 0.860. The molecule has 1 aliphatic carbocycles. The van der Waals surface area contributed by atoms with E-state index in [1.165, 1.54) is 16.9 Å². The maximum Gasteiger partial charge on any atom is 0.264 e. The van der Waals surface area contributed by atoms with Crippen LogP contribution in [0.2, 0.25) is 0 Å². The Kier molecular flexibility index (Phi) is 4.00. The molecular formula is C18H22N4OS. The predicted molar refractivity (Wildman–Crippen MR) is 95.7 cm³/mol. The Morgan fingerprint density at radius 3 is 2.96 bits per heavy atom. The summed E-state index contributed by atoms with van der Waals surface area (Å²) in [7, 11) is 3.91. The van der Waals surface area contributed by atoms with Crippen LogP contribution in [0, 0.1) is 0 Å². The van der Waals surface area contributed by atoms with Crippen LogP contribution in [0.15, 0.2) is 18.5 Å². The highest BCUT2D eigenvalue weighted by Gasteiger charge is 2.33. The molecule has 24 heavy (non-hydrogen) atoms. The molecule has 0 unspecified atom stereocenters. The zero-order valence-electron chi connectivity index (χ0n) is 14.2. The van der Waals surface area contributed by atoms with Crippen LogP contribution < -0.4 is 4.90 Å². The van der Waals surface area contributed by atoms with E-state index in [9.17, 15) is 4.79 Å². The third-order valence-corrected chi connectivity index (χ3v) is 6.14. The fourth-order valence-electron chi connectivity index (χ4n) is 3.64. The molecule has 1 aliphatic heterocycles. The number of hydrogen-bond donors (Lipinski definition) is 0. The summed E-state index contributed by atoms with van der Waals surface area (Å²) in [4.78, 5) is 28.3. The maximum atomic E-state index is 13.0. The Morgan fingerprint density at radius 1 is 1.29 bits per heavy atom. The molecule has 2 aliphatic rings. The van der Waals surface area contributed by atoms with Crippen LogP contribution in [0.5, 0.6) is 0 Å². The number of anilines is 1. The topological polar surface area (TPSA) is 49.3 Å². The van der Waals surface area contributed by atoms with Crippen molar-refractivity contribution in [3.8, 4) is 0 Å². The lowest BCUT2D eigenvalue weighted by Crippen LogP contribution is -2.30. The van der Waals surface area contributed by atoms with Gasteiger partial charge in [0.25, 0.3) is 5.91 Å². The second kappa shape index (κ2) is 6.16. The van der Waals surface area contributed by atoms with Gasteiger partial charge >= 0.3 is 0 Å². The first-order chi connectivity index (χ1) is 11.6. The monoisotopic (exact) mass is 342 g/mol. The number of amides is 1. The highest BCUT2D eigenvalue weighted by molar-refractivity contribution is 7.14. The molecule has 0 N–H and O–H groups in total. The summed E-state index contributed by atoms with van der Waals surface area (Å²) in [5.74, 6) is 0.996. The van der Waals surface area contributed by atoms with Crippen molar-refractivity contribution >= 4 is 23.1 Å². The van der Waals surface area contributed by atoms with Gasteiger partial charge in [-0.1, -0.05) is 0 Å². The molecule has 126 valence electrons. The minimum absolute atomic E-state index is 0.0434. The molecule has 2 aromatic rings. The molecule has 4 rings (SSSR count). The van der Waals surface area contributed by atoms with Gasteiger partial charge in [0, 0.05) is 25.5 Å². The van der Waals surface area contributed by atoms with E-state index in [1.807, 2.05) is 23.9 Å². The SMILES string of the molecule is CN(C)c1cncc([C@@H]2CCCN2C(=O)c2cc3c(s2)CCC3)n1. The number of thiophene rings is 1. The Balaban J connectivity index is 1.60. The lowest BCUT2D eigenvalue weighted by Gasteiger charge is -2.24. The second-order valence-corrected chi connectivity index (χ2v) is 7.90. The van der Waals surface area contributed by atoms with Crippen LogP contribution in [0.4, 0.5) is 5.82 Å². The van der Waals surface area contributed by atoms with Gasteiger partial charge in [0.2, 0.25) is 0 Å². The Morgan fingerprint density at radius 2 is 2.17 bits per heavy atom. The van der Waals surface area contributed by atoms with E-state index < -0.39 is 0 Å². The van der Waals surface area contributed by atoms with Gasteiger partial charge in [-0.15, -0.1) is 11.3 Å². The number of carbonyl (C=O) groups excluding carboxylic acids is 1. The second-order valence-electron chi connectivity index (χ2n) is 6.77. The smallest absolute Gasteiger partial charge is 0.264 e. The number of nitrogens with zero attached hydrogens (tertiary/aromatic N) is 4. The van der Waals surface area contributed by atoms with Gasteiger partial charge in [-0.2, -0.15) is 0 Å². The first kappa shape index (κ1) is 15.6. The van der Waals surface area contributed by atoms with E-state index in [2.05, 4.69) is 11.1 Å². The summed E-state index contributed by atoms with van der Waals surface area (Å²) in [5.41, 5.74) is 2.28. The average molecular weight is 342 g/mol. The first-order valence-electron chi connectivity index (χ1n) is 8.55. The first-order valence-corrected chi connectivity index (χ1v) is 9.37.